The van der Waals surface area contributed by atoms with Crippen LogP contribution in [-0.2, 0) is 9.47 Å². The van der Waals surface area contributed by atoms with Crippen LogP contribution in [0.15, 0.2) is 0 Å². The summed E-state index contributed by atoms with van der Waals surface area (Å²) >= 11 is 0. The smallest absolute Gasteiger partial charge is 0.163 e. The van der Waals surface area contributed by atoms with E-state index in [2.05, 4.69) is 0 Å². The highest BCUT2D eigenvalue weighted by atomic mass is 16.7. The van der Waals surface area contributed by atoms with Crippen LogP contribution < -0.4 is 0 Å². The van der Waals surface area contributed by atoms with Gasteiger partial charge in [0.1, 0.15) is 0 Å². The van der Waals surface area contributed by atoms with Gasteiger partial charge in [0.05, 0.1) is 12.2 Å². The quantitative estimate of drug-likeness (QED) is 0.543. The first kappa shape index (κ1) is 18.9. The van der Waals surface area contributed by atoms with Crippen molar-refractivity contribution >= 4 is 0 Å². The number of unbranched alkanes of at least 4 members (excludes halogenated alkanes) is 6. The van der Waals surface area contributed by atoms with Gasteiger partial charge in [0.15, 0.2) is 5.79 Å². The normalized spacial score (nSPS) is 24.6. The van der Waals surface area contributed by atoms with Gasteiger partial charge in [-0.3, -0.25) is 0 Å². The van der Waals surface area contributed by atoms with Gasteiger partial charge >= 0.3 is 0 Å². The molecule has 0 bridgehead atoms. The molecule has 0 amide bonds. The largest absolute Gasteiger partial charge is 0.396 e. The predicted molar refractivity (Wildman–Crippen MR) is 84.2 cm³/mol. The SMILES string of the molecule is CC1(C)O[C@@H](CCCCCCO)[C@H](CCCCCCO)O1. The maximum absolute atomic E-state index is 8.79. The number of hydrogen-bond acceptors (Lipinski definition) is 4. The molecule has 2 N–H and O–H groups in total. The lowest BCUT2D eigenvalue weighted by molar-refractivity contribution is -0.147. The van der Waals surface area contributed by atoms with Crippen molar-refractivity contribution in [2.24, 2.45) is 0 Å². The molecule has 21 heavy (non-hydrogen) atoms. The Kier molecular flexibility index (Phi) is 9.49. The molecule has 1 aliphatic rings. The van der Waals surface area contributed by atoms with Crippen molar-refractivity contribution < 1.29 is 19.7 Å². The van der Waals surface area contributed by atoms with Crippen molar-refractivity contribution in [2.45, 2.75) is 96.1 Å². The van der Waals surface area contributed by atoms with E-state index in [0.717, 1.165) is 64.2 Å². The van der Waals surface area contributed by atoms with Crippen LogP contribution in [0, 0.1) is 0 Å². The zero-order valence-electron chi connectivity index (χ0n) is 13.9. The monoisotopic (exact) mass is 302 g/mol. The Balaban J connectivity index is 2.22. The Hall–Kier alpha value is -0.160. The fraction of sp³-hybridized carbons (Fsp3) is 1.00. The highest BCUT2D eigenvalue weighted by molar-refractivity contribution is 4.81. The lowest BCUT2D eigenvalue weighted by atomic mass is 10.0. The molecule has 126 valence electrons. The van der Waals surface area contributed by atoms with Gasteiger partial charge in [-0.1, -0.05) is 38.5 Å². The van der Waals surface area contributed by atoms with Gasteiger partial charge in [0.25, 0.3) is 0 Å². The van der Waals surface area contributed by atoms with Gasteiger partial charge in [0, 0.05) is 13.2 Å². The van der Waals surface area contributed by atoms with Gasteiger partial charge in [-0.05, 0) is 39.5 Å². The first-order valence-corrected chi connectivity index (χ1v) is 8.66. The number of ether oxygens (including phenoxy) is 2. The van der Waals surface area contributed by atoms with Crippen molar-refractivity contribution in [1.29, 1.82) is 0 Å². The van der Waals surface area contributed by atoms with Gasteiger partial charge in [0.2, 0.25) is 0 Å². The first-order chi connectivity index (χ1) is 10.1. The van der Waals surface area contributed by atoms with E-state index >= 15 is 0 Å². The van der Waals surface area contributed by atoms with Gasteiger partial charge in [-0.25, -0.2) is 0 Å². The summed E-state index contributed by atoms with van der Waals surface area (Å²) in [4.78, 5) is 0. The summed E-state index contributed by atoms with van der Waals surface area (Å²) in [7, 11) is 0. The molecule has 4 nitrogen and oxygen atoms in total. The van der Waals surface area contributed by atoms with Crippen LogP contribution in [0.3, 0.4) is 0 Å². The van der Waals surface area contributed by atoms with Crippen molar-refractivity contribution in [3.63, 3.8) is 0 Å². The van der Waals surface area contributed by atoms with Crippen LogP contribution in [0.25, 0.3) is 0 Å². The molecule has 1 rings (SSSR count). The van der Waals surface area contributed by atoms with Crippen LogP contribution in [0.5, 0.6) is 0 Å². The average Bonchev–Trinajstić information content (AvgIpc) is 2.73. The molecule has 1 heterocycles. The van der Waals surface area contributed by atoms with Crippen LogP contribution >= 0.6 is 0 Å². The number of aliphatic hydroxyl groups excluding tert-OH is 2. The average molecular weight is 302 g/mol. The molecule has 1 saturated heterocycles. The molecular formula is C17H34O4. The summed E-state index contributed by atoms with van der Waals surface area (Å²) in [6.45, 7) is 4.59. The van der Waals surface area contributed by atoms with E-state index in [0.29, 0.717) is 13.2 Å². The van der Waals surface area contributed by atoms with Crippen LogP contribution in [-0.4, -0.2) is 41.4 Å². The van der Waals surface area contributed by atoms with Crippen molar-refractivity contribution in [1.82, 2.24) is 0 Å². The number of hydrogen-bond donors (Lipinski definition) is 2. The molecule has 4 heteroatoms. The summed E-state index contributed by atoms with van der Waals surface area (Å²) in [6.07, 6.45) is 11.1. The maximum atomic E-state index is 8.79. The van der Waals surface area contributed by atoms with Crippen LogP contribution in [0.1, 0.15) is 78.1 Å². The molecule has 0 aliphatic carbocycles. The van der Waals surface area contributed by atoms with E-state index in [1.807, 2.05) is 13.8 Å². The molecule has 1 aliphatic heterocycles. The summed E-state index contributed by atoms with van der Waals surface area (Å²) in [5.41, 5.74) is 0. The molecule has 0 unspecified atom stereocenters. The Morgan fingerprint density at radius 3 is 1.43 bits per heavy atom. The first-order valence-electron chi connectivity index (χ1n) is 8.66. The minimum absolute atomic E-state index is 0.215. The zero-order valence-corrected chi connectivity index (χ0v) is 13.9. The van der Waals surface area contributed by atoms with Crippen molar-refractivity contribution in [3.8, 4) is 0 Å². The molecule has 0 aromatic rings. The molecule has 1 fully saturated rings. The van der Waals surface area contributed by atoms with Gasteiger partial charge in [-0.15, -0.1) is 0 Å². The van der Waals surface area contributed by atoms with E-state index in [9.17, 15) is 0 Å². The second-order valence-corrected chi connectivity index (χ2v) is 6.57. The van der Waals surface area contributed by atoms with Gasteiger partial charge in [-0.2, -0.15) is 0 Å². The number of rotatable bonds is 12. The Labute approximate surface area is 129 Å². The summed E-state index contributed by atoms with van der Waals surface area (Å²) in [5.74, 6) is -0.453. The van der Waals surface area contributed by atoms with Crippen LogP contribution in [0.2, 0.25) is 0 Å². The van der Waals surface area contributed by atoms with Crippen LogP contribution in [0.4, 0.5) is 0 Å². The van der Waals surface area contributed by atoms with Crippen molar-refractivity contribution in [2.75, 3.05) is 13.2 Å². The molecule has 2 atom stereocenters. The lowest BCUT2D eigenvalue weighted by Crippen LogP contribution is -2.22. The van der Waals surface area contributed by atoms with E-state index in [1.54, 1.807) is 0 Å². The van der Waals surface area contributed by atoms with E-state index in [-0.39, 0.29) is 12.2 Å². The minimum Gasteiger partial charge on any atom is -0.396 e. The lowest BCUT2D eigenvalue weighted by Gasteiger charge is -2.16. The molecular weight excluding hydrogens is 268 g/mol. The fourth-order valence-corrected chi connectivity index (χ4v) is 3.02. The molecule has 0 aromatic carbocycles. The predicted octanol–water partition coefficient (Wildman–Crippen LogP) is 3.39. The highest BCUT2D eigenvalue weighted by Crippen LogP contribution is 2.33. The Morgan fingerprint density at radius 2 is 1.05 bits per heavy atom. The summed E-state index contributed by atoms with van der Waals surface area (Å²) in [6, 6.07) is 0. The topological polar surface area (TPSA) is 58.9 Å². The zero-order chi connectivity index (χ0) is 15.6. The summed E-state index contributed by atoms with van der Waals surface area (Å²) < 4.78 is 12.1. The Bertz CT molecular complexity index is 231. The van der Waals surface area contributed by atoms with Gasteiger partial charge < -0.3 is 19.7 Å². The molecule has 0 spiro atoms. The number of aliphatic hydroxyl groups is 2. The highest BCUT2D eigenvalue weighted by Gasteiger charge is 2.40. The third kappa shape index (κ3) is 8.15. The fourth-order valence-electron chi connectivity index (χ4n) is 3.02. The third-order valence-corrected chi connectivity index (χ3v) is 4.08. The van der Waals surface area contributed by atoms with E-state index in [1.165, 1.54) is 0 Å². The minimum atomic E-state index is -0.453. The summed E-state index contributed by atoms with van der Waals surface area (Å²) in [5, 5.41) is 17.6. The van der Waals surface area contributed by atoms with Crippen molar-refractivity contribution in [3.05, 3.63) is 0 Å². The standard InChI is InChI=1S/C17H34O4/c1-17(2)20-15(11-7-3-5-9-13-18)16(21-17)12-8-4-6-10-14-19/h15-16,18-19H,3-14H2,1-2H3/t15-,16-/m0/s1. The van der Waals surface area contributed by atoms with E-state index < -0.39 is 5.79 Å². The second kappa shape index (κ2) is 10.5. The second-order valence-electron chi connectivity index (χ2n) is 6.57. The third-order valence-electron chi connectivity index (χ3n) is 4.08. The molecule has 0 aromatic heterocycles. The maximum Gasteiger partial charge on any atom is 0.163 e. The molecule has 0 saturated carbocycles. The molecule has 0 radical (unpaired) electrons. The van der Waals surface area contributed by atoms with E-state index in [4.69, 9.17) is 19.7 Å². The Morgan fingerprint density at radius 1 is 0.667 bits per heavy atom.